The molecule has 1 unspecified atom stereocenters. The smallest absolute Gasteiger partial charge is 0.224 e. The number of piperidine rings is 3. The Morgan fingerprint density at radius 3 is 2.96 bits per heavy atom. The zero-order valence-corrected chi connectivity index (χ0v) is 16.1. The Kier molecular flexibility index (Phi) is 5.59. The van der Waals surface area contributed by atoms with Crippen LogP contribution in [0.15, 0.2) is 30.5 Å². The van der Waals surface area contributed by atoms with Gasteiger partial charge in [0, 0.05) is 24.7 Å². The van der Waals surface area contributed by atoms with Crippen molar-refractivity contribution in [3.63, 3.8) is 0 Å². The molecule has 2 bridgehead atoms. The van der Waals surface area contributed by atoms with E-state index in [0.29, 0.717) is 24.2 Å². The number of rotatable bonds is 7. The number of hydrogen-bond acceptors (Lipinski definition) is 6. The van der Waals surface area contributed by atoms with Crippen molar-refractivity contribution in [2.24, 2.45) is 11.8 Å². The van der Waals surface area contributed by atoms with Crippen molar-refractivity contribution in [2.75, 3.05) is 20.2 Å². The number of aromatic nitrogens is 3. The molecular weight excluding hydrogens is 358 g/mol. The lowest BCUT2D eigenvalue weighted by molar-refractivity contribution is -0.133. The van der Waals surface area contributed by atoms with E-state index in [9.17, 15) is 4.79 Å². The van der Waals surface area contributed by atoms with Gasteiger partial charge in [0.25, 0.3) is 0 Å². The van der Waals surface area contributed by atoms with Crippen LogP contribution in [0.3, 0.4) is 0 Å². The van der Waals surface area contributed by atoms with Gasteiger partial charge in [0.2, 0.25) is 5.91 Å². The molecule has 3 saturated heterocycles. The lowest BCUT2D eigenvalue weighted by Gasteiger charge is -2.49. The van der Waals surface area contributed by atoms with Crippen molar-refractivity contribution in [1.29, 1.82) is 0 Å². The molecule has 2 aromatic rings. The fraction of sp³-hybridized carbons (Fsp3) is 0.550. The summed E-state index contributed by atoms with van der Waals surface area (Å²) in [5, 5.41) is 20.3. The number of methoxy groups -OCH3 is 1. The van der Waals surface area contributed by atoms with E-state index in [1.807, 2.05) is 24.3 Å². The molecule has 150 valence electrons. The number of benzene rings is 1. The van der Waals surface area contributed by atoms with Gasteiger partial charge in [-0.2, -0.15) is 0 Å². The predicted molar refractivity (Wildman–Crippen MR) is 102 cm³/mol. The molecule has 28 heavy (non-hydrogen) atoms. The third-order valence-corrected chi connectivity index (χ3v) is 6.01. The minimum Gasteiger partial charge on any atom is -0.496 e. The van der Waals surface area contributed by atoms with Gasteiger partial charge in [-0.15, -0.1) is 5.10 Å². The normalized spacial score (nSPS) is 26.2. The van der Waals surface area contributed by atoms with Gasteiger partial charge < -0.3 is 15.2 Å². The second kappa shape index (κ2) is 8.28. The van der Waals surface area contributed by atoms with Crippen LogP contribution in [-0.2, 0) is 24.5 Å². The molecule has 0 spiro atoms. The van der Waals surface area contributed by atoms with E-state index in [1.165, 1.54) is 0 Å². The van der Waals surface area contributed by atoms with E-state index in [1.54, 1.807) is 18.0 Å². The van der Waals surface area contributed by atoms with E-state index in [4.69, 9.17) is 9.84 Å². The quantitative estimate of drug-likeness (QED) is 0.733. The van der Waals surface area contributed by atoms with Gasteiger partial charge in [-0.1, -0.05) is 23.4 Å². The van der Waals surface area contributed by atoms with Crippen molar-refractivity contribution in [3.8, 4) is 5.75 Å². The van der Waals surface area contributed by atoms with Gasteiger partial charge in [-0.3, -0.25) is 14.4 Å². The van der Waals surface area contributed by atoms with Gasteiger partial charge in [0.05, 0.1) is 32.4 Å². The van der Waals surface area contributed by atoms with E-state index in [-0.39, 0.29) is 18.4 Å². The number of carbonyl (C=O) groups excluding carboxylic acids is 1. The summed E-state index contributed by atoms with van der Waals surface area (Å²) in [6, 6.07) is 8.13. The average Bonchev–Trinajstić information content (AvgIpc) is 3.20. The maximum atomic E-state index is 12.8. The highest BCUT2D eigenvalue weighted by Crippen LogP contribution is 2.37. The molecule has 5 rings (SSSR count). The number of carbonyl (C=O) groups is 1. The Bertz CT molecular complexity index is 824. The Hall–Kier alpha value is -2.45. The molecule has 8 heteroatoms. The molecule has 3 aliphatic heterocycles. The average molecular weight is 385 g/mol. The maximum absolute atomic E-state index is 12.8. The molecule has 8 nitrogen and oxygen atoms in total. The van der Waals surface area contributed by atoms with E-state index < -0.39 is 0 Å². The lowest BCUT2D eigenvalue weighted by atomic mass is 9.75. The lowest BCUT2D eigenvalue weighted by Crippen LogP contribution is -2.58. The van der Waals surface area contributed by atoms with Crippen molar-refractivity contribution >= 4 is 5.91 Å². The first-order valence-electron chi connectivity index (χ1n) is 9.81. The number of amides is 1. The topological polar surface area (TPSA) is 92.5 Å². The number of hydrogen-bond donors (Lipinski definition) is 2. The maximum Gasteiger partial charge on any atom is 0.224 e. The molecule has 2 N–H and O–H groups in total. The molecule has 3 aliphatic rings. The third-order valence-electron chi connectivity index (χ3n) is 6.01. The largest absolute Gasteiger partial charge is 0.496 e. The summed E-state index contributed by atoms with van der Waals surface area (Å²) in [6.45, 7) is 2.95. The highest BCUT2D eigenvalue weighted by molar-refractivity contribution is 5.79. The number of nitrogens with one attached hydrogen (secondary N) is 1. The van der Waals surface area contributed by atoms with E-state index >= 15 is 0 Å². The van der Waals surface area contributed by atoms with Crippen LogP contribution in [0.5, 0.6) is 5.75 Å². The third kappa shape index (κ3) is 3.88. The molecule has 1 aromatic heterocycles. The standard InChI is InChI=1S/C20H27N5O3/c1-28-19-5-3-2-4-15(19)9-21-20(27)18-12-24-7-6-14(18)8-17(24)11-25-10-16(13-26)22-23-25/h2-5,10,14,17-18,26H,6-9,11-13H2,1H3,(H,21,27)/t14-,17-,18+/m1/s1. The molecule has 4 heterocycles. The van der Waals surface area contributed by atoms with Crippen molar-refractivity contribution < 1.29 is 14.6 Å². The van der Waals surface area contributed by atoms with Crippen molar-refractivity contribution in [2.45, 2.75) is 38.6 Å². The fourth-order valence-electron chi connectivity index (χ4n) is 4.50. The Morgan fingerprint density at radius 2 is 2.25 bits per heavy atom. The molecule has 3 fully saturated rings. The number of aliphatic hydroxyl groups excluding tert-OH is 1. The summed E-state index contributed by atoms with van der Waals surface area (Å²) >= 11 is 0. The van der Waals surface area contributed by atoms with E-state index in [0.717, 1.165) is 43.8 Å². The summed E-state index contributed by atoms with van der Waals surface area (Å²) in [4.78, 5) is 15.2. The highest BCUT2D eigenvalue weighted by atomic mass is 16.5. The van der Waals surface area contributed by atoms with Crippen molar-refractivity contribution in [1.82, 2.24) is 25.2 Å². The summed E-state index contributed by atoms with van der Waals surface area (Å²) in [6.07, 6.45) is 3.84. The predicted octanol–water partition coefficient (Wildman–Crippen LogP) is 0.806. The number of nitrogens with zero attached hydrogens (tertiary/aromatic N) is 4. The van der Waals surface area contributed by atoms with Crippen molar-refractivity contribution in [3.05, 3.63) is 41.7 Å². The fourth-order valence-corrected chi connectivity index (χ4v) is 4.50. The first kappa shape index (κ1) is 18.9. The summed E-state index contributed by atoms with van der Waals surface area (Å²) in [5.74, 6) is 1.35. The van der Waals surface area contributed by atoms with Crippen LogP contribution in [-0.4, -0.2) is 57.1 Å². The van der Waals surface area contributed by atoms with Crippen LogP contribution in [0, 0.1) is 11.8 Å². The molecule has 0 aliphatic carbocycles. The first-order valence-corrected chi connectivity index (χ1v) is 9.81. The van der Waals surface area contributed by atoms with Crippen LogP contribution >= 0.6 is 0 Å². The second-order valence-corrected chi connectivity index (χ2v) is 7.66. The van der Waals surface area contributed by atoms with Crippen LogP contribution in [0.4, 0.5) is 0 Å². The monoisotopic (exact) mass is 385 g/mol. The Balaban J connectivity index is 1.34. The number of fused-ring (bicyclic) bond motifs is 3. The SMILES string of the molecule is COc1ccccc1CNC(=O)[C@H]1CN2CC[C@@H]1C[C@@H]2Cn1cc(CO)nn1. The molecule has 0 saturated carbocycles. The number of aliphatic hydroxyl groups is 1. The first-order chi connectivity index (χ1) is 13.7. The summed E-state index contributed by atoms with van der Waals surface area (Å²) in [5.41, 5.74) is 1.58. The van der Waals surface area contributed by atoms with Gasteiger partial charge in [0.15, 0.2) is 0 Å². The molecular formula is C20H27N5O3. The molecule has 0 radical (unpaired) electrons. The zero-order valence-electron chi connectivity index (χ0n) is 16.1. The summed E-state index contributed by atoms with van der Waals surface area (Å²) < 4.78 is 7.16. The Labute approximate surface area is 164 Å². The zero-order chi connectivity index (χ0) is 19.5. The van der Waals surface area contributed by atoms with Crippen LogP contribution in [0.2, 0.25) is 0 Å². The molecule has 1 aromatic carbocycles. The minimum absolute atomic E-state index is 0.0310. The van der Waals surface area contributed by atoms with Gasteiger partial charge in [0.1, 0.15) is 11.4 Å². The van der Waals surface area contributed by atoms with E-state index in [2.05, 4.69) is 20.5 Å². The van der Waals surface area contributed by atoms with Gasteiger partial charge in [-0.25, -0.2) is 0 Å². The molecule has 4 atom stereocenters. The summed E-state index contributed by atoms with van der Waals surface area (Å²) in [7, 11) is 1.65. The highest BCUT2D eigenvalue weighted by Gasteiger charge is 2.43. The second-order valence-electron chi connectivity index (χ2n) is 7.66. The van der Waals surface area contributed by atoms with Gasteiger partial charge >= 0.3 is 0 Å². The van der Waals surface area contributed by atoms with Crippen LogP contribution in [0.1, 0.15) is 24.1 Å². The molecule has 1 amide bonds. The van der Waals surface area contributed by atoms with Gasteiger partial charge in [-0.05, 0) is 31.4 Å². The van der Waals surface area contributed by atoms with Crippen LogP contribution in [0.25, 0.3) is 0 Å². The number of ether oxygens (including phenoxy) is 1. The minimum atomic E-state index is -0.0918. The number of para-hydroxylation sites is 1. The van der Waals surface area contributed by atoms with Crippen LogP contribution < -0.4 is 10.1 Å². The Morgan fingerprint density at radius 1 is 1.39 bits per heavy atom.